The highest BCUT2D eigenvalue weighted by Gasteiger charge is 2.34. The summed E-state index contributed by atoms with van der Waals surface area (Å²) in [6.07, 6.45) is -3.66. The van der Waals surface area contributed by atoms with Crippen LogP contribution in [0.3, 0.4) is 0 Å². The number of ether oxygens (including phenoxy) is 1. The van der Waals surface area contributed by atoms with Gasteiger partial charge in [-0.2, -0.15) is 13.2 Å². The maximum Gasteiger partial charge on any atom is 0.421 e. The van der Waals surface area contributed by atoms with Gasteiger partial charge in [0.05, 0.1) is 23.2 Å². The summed E-state index contributed by atoms with van der Waals surface area (Å²) < 4.78 is 42.4. The third-order valence-electron chi connectivity index (χ3n) is 2.51. The minimum atomic E-state index is -4.76. The molecule has 0 unspecified atom stereocenters. The van der Waals surface area contributed by atoms with E-state index in [0.29, 0.717) is 6.07 Å². The zero-order chi connectivity index (χ0) is 14.9. The number of H-pyrrole nitrogens is 1. The first kappa shape index (κ1) is 14.0. The summed E-state index contributed by atoms with van der Waals surface area (Å²) in [5.74, 6) is -0.664. The normalized spacial score (nSPS) is 11.6. The summed E-state index contributed by atoms with van der Waals surface area (Å²) in [5.41, 5.74) is -2.59. The number of nitrogens with zero attached hydrogens (tertiary/aromatic N) is 1. The molecule has 2 heterocycles. The summed E-state index contributed by atoms with van der Waals surface area (Å²) >= 11 is 0. The second-order valence-corrected chi connectivity index (χ2v) is 3.89. The number of rotatable bonds is 2. The monoisotopic (exact) mass is 286 g/mol. The molecule has 0 bridgehead atoms. The molecular formula is C12H9F3N2O3. The van der Waals surface area contributed by atoms with Crippen molar-refractivity contribution in [2.45, 2.75) is 13.1 Å². The molecule has 0 aliphatic heterocycles. The number of hydrogen-bond donors (Lipinski definition) is 1. The van der Waals surface area contributed by atoms with Crippen molar-refractivity contribution in [3.8, 4) is 0 Å². The summed E-state index contributed by atoms with van der Waals surface area (Å²) in [7, 11) is 0. The van der Waals surface area contributed by atoms with Crippen molar-refractivity contribution in [3.63, 3.8) is 0 Å². The van der Waals surface area contributed by atoms with Gasteiger partial charge in [0.15, 0.2) is 0 Å². The van der Waals surface area contributed by atoms with Crippen molar-refractivity contribution in [1.82, 2.24) is 9.97 Å². The number of nitrogens with one attached hydrogen (secondary N) is 1. The van der Waals surface area contributed by atoms with E-state index < -0.39 is 23.3 Å². The molecule has 2 aromatic heterocycles. The Morgan fingerprint density at radius 1 is 1.40 bits per heavy atom. The van der Waals surface area contributed by atoms with Crippen LogP contribution in [-0.2, 0) is 10.9 Å². The lowest BCUT2D eigenvalue weighted by atomic mass is 10.2. The third-order valence-corrected chi connectivity index (χ3v) is 2.51. The van der Waals surface area contributed by atoms with E-state index in [9.17, 15) is 22.8 Å². The van der Waals surface area contributed by atoms with Gasteiger partial charge in [-0.05, 0) is 19.1 Å². The molecule has 106 valence electrons. The molecule has 0 aliphatic rings. The first-order valence-corrected chi connectivity index (χ1v) is 5.60. The molecule has 2 rings (SSSR count). The molecule has 0 saturated heterocycles. The molecule has 20 heavy (non-hydrogen) atoms. The Bertz CT molecular complexity index is 722. The number of carbonyl (C=O) groups is 1. The largest absolute Gasteiger partial charge is 0.462 e. The van der Waals surface area contributed by atoms with E-state index >= 15 is 0 Å². The second-order valence-electron chi connectivity index (χ2n) is 3.89. The minimum absolute atomic E-state index is 0.0357. The molecule has 0 atom stereocenters. The van der Waals surface area contributed by atoms with E-state index in [1.165, 1.54) is 6.07 Å². The van der Waals surface area contributed by atoms with Crippen molar-refractivity contribution in [2.24, 2.45) is 0 Å². The van der Waals surface area contributed by atoms with Crippen LogP contribution in [0, 0.1) is 0 Å². The van der Waals surface area contributed by atoms with Crippen LogP contribution in [0.1, 0.15) is 22.8 Å². The van der Waals surface area contributed by atoms with E-state index in [-0.39, 0.29) is 23.2 Å². The molecule has 1 N–H and O–H groups in total. The van der Waals surface area contributed by atoms with Gasteiger partial charge in [-0.3, -0.25) is 9.78 Å². The van der Waals surface area contributed by atoms with E-state index in [2.05, 4.69) is 9.97 Å². The summed E-state index contributed by atoms with van der Waals surface area (Å²) in [5, 5.41) is 0. The van der Waals surface area contributed by atoms with Crippen LogP contribution in [0.5, 0.6) is 0 Å². The SMILES string of the molecule is CCOC(=O)c1cnc2cc(C(F)(F)F)c(=O)[nH]c2c1. The highest BCUT2D eigenvalue weighted by atomic mass is 19.4. The average Bonchev–Trinajstić information content (AvgIpc) is 2.36. The van der Waals surface area contributed by atoms with Crippen LogP contribution in [0.25, 0.3) is 11.0 Å². The first-order chi connectivity index (χ1) is 9.32. The van der Waals surface area contributed by atoms with Crippen LogP contribution in [-0.4, -0.2) is 22.5 Å². The van der Waals surface area contributed by atoms with Gasteiger partial charge >= 0.3 is 12.1 Å². The summed E-state index contributed by atoms with van der Waals surface area (Å²) in [6.45, 7) is 1.77. The molecular weight excluding hydrogens is 277 g/mol. The number of carbonyl (C=O) groups excluding carboxylic acids is 1. The van der Waals surface area contributed by atoms with Crippen molar-refractivity contribution in [2.75, 3.05) is 6.61 Å². The smallest absolute Gasteiger partial charge is 0.421 e. The Kier molecular flexibility index (Phi) is 3.47. The van der Waals surface area contributed by atoms with Crippen molar-refractivity contribution < 1.29 is 22.7 Å². The van der Waals surface area contributed by atoms with Gasteiger partial charge in [-0.1, -0.05) is 0 Å². The highest BCUT2D eigenvalue weighted by molar-refractivity contribution is 5.92. The minimum Gasteiger partial charge on any atom is -0.462 e. The van der Waals surface area contributed by atoms with E-state index in [4.69, 9.17) is 4.74 Å². The Morgan fingerprint density at radius 2 is 2.10 bits per heavy atom. The van der Waals surface area contributed by atoms with Gasteiger partial charge in [0, 0.05) is 6.20 Å². The third kappa shape index (κ3) is 2.63. The fourth-order valence-corrected chi connectivity index (χ4v) is 1.62. The lowest BCUT2D eigenvalue weighted by Crippen LogP contribution is -2.21. The number of aromatic amines is 1. The maximum atomic E-state index is 12.6. The molecule has 0 saturated carbocycles. The number of alkyl halides is 3. The molecule has 2 aromatic rings. The molecule has 0 spiro atoms. The van der Waals surface area contributed by atoms with E-state index in [0.717, 1.165) is 6.20 Å². The van der Waals surface area contributed by atoms with Gasteiger partial charge in [0.1, 0.15) is 5.56 Å². The zero-order valence-electron chi connectivity index (χ0n) is 10.2. The zero-order valence-corrected chi connectivity index (χ0v) is 10.2. The molecule has 0 aromatic carbocycles. The second kappa shape index (κ2) is 4.95. The van der Waals surface area contributed by atoms with E-state index in [1.54, 1.807) is 6.92 Å². The van der Waals surface area contributed by atoms with Gasteiger partial charge in [0.2, 0.25) is 0 Å². The molecule has 0 radical (unpaired) electrons. The lowest BCUT2D eigenvalue weighted by Gasteiger charge is -2.07. The quantitative estimate of drug-likeness (QED) is 0.858. The predicted octanol–water partition coefficient (Wildman–Crippen LogP) is 2.12. The van der Waals surface area contributed by atoms with Crippen LogP contribution in [0.15, 0.2) is 23.1 Å². The van der Waals surface area contributed by atoms with E-state index in [1.807, 2.05) is 0 Å². The van der Waals surface area contributed by atoms with Crippen LogP contribution >= 0.6 is 0 Å². The van der Waals surface area contributed by atoms with Crippen molar-refractivity contribution in [1.29, 1.82) is 0 Å². The van der Waals surface area contributed by atoms with Gasteiger partial charge in [0.25, 0.3) is 5.56 Å². The van der Waals surface area contributed by atoms with Crippen LogP contribution in [0.4, 0.5) is 13.2 Å². The molecule has 0 fully saturated rings. The average molecular weight is 286 g/mol. The standard InChI is InChI=1S/C12H9F3N2O3/c1-2-20-11(19)6-3-9-8(16-5-6)4-7(10(18)17-9)12(13,14)15/h3-5H,2H2,1H3,(H,17,18). The van der Waals surface area contributed by atoms with Crippen LogP contribution < -0.4 is 5.56 Å². The molecule has 0 aliphatic carbocycles. The number of esters is 1. The highest BCUT2D eigenvalue weighted by Crippen LogP contribution is 2.27. The van der Waals surface area contributed by atoms with Gasteiger partial charge in [-0.15, -0.1) is 0 Å². The van der Waals surface area contributed by atoms with Gasteiger partial charge in [-0.25, -0.2) is 4.79 Å². The first-order valence-electron chi connectivity index (χ1n) is 5.60. The van der Waals surface area contributed by atoms with Crippen molar-refractivity contribution >= 4 is 17.0 Å². The topological polar surface area (TPSA) is 72.0 Å². The molecule has 8 heteroatoms. The fourth-order valence-electron chi connectivity index (χ4n) is 1.62. The summed E-state index contributed by atoms with van der Waals surface area (Å²) in [4.78, 5) is 28.6. The predicted molar refractivity (Wildman–Crippen MR) is 63.3 cm³/mol. The molecule has 0 amide bonds. The Labute approximate surface area is 110 Å². The number of fused-ring (bicyclic) bond motifs is 1. The Morgan fingerprint density at radius 3 is 2.70 bits per heavy atom. The Balaban J connectivity index is 2.56. The Hall–Kier alpha value is -2.38. The molecule has 5 nitrogen and oxygen atoms in total. The maximum absolute atomic E-state index is 12.6. The fraction of sp³-hybridized carbons (Fsp3) is 0.250. The summed E-state index contributed by atoms with van der Waals surface area (Å²) in [6, 6.07) is 1.87. The number of hydrogen-bond acceptors (Lipinski definition) is 4. The van der Waals surface area contributed by atoms with Gasteiger partial charge < -0.3 is 9.72 Å². The number of aromatic nitrogens is 2. The lowest BCUT2D eigenvalue weighted by molar-refractivity contribution is -0.138. The van der Waals surface area contributed by atoms with Crippen molar-refractivity contribution in [3.05, 3.63) is 39.8 Å². The van der Waals surface area contributed by atoms with Crippen LogP contribution in [0.2, 0.25) is 0 Å². The number of pyridine rings is 2. The number of halogens is 3.